The van der Waals surface area contributed by atoms with Gasteiger partial charge >= 0.3 is 6.03 Å². The summed E-state index contributed by atoms with van der Waals surface area (Å²) in [5, 5.41) is 11.7. The van der Waals surface area contributed by atoms with Gasteiger partial charge in [-0.25, -0.2) is 4.79 Å². The number of hydrogen-bond donors (Lipinski definition) is 2. The molecule has 0 aromatic heterocycles. The highest BCUT2D eigenvalue weighted by atomic mass is 16.2. The number of benzene rings is 1. The van der Waals surface area contributed by atoms with Crippen LogP contribution in [0, 0.1) is 0 Å². The third-order valence-electron chi connectivity index (χ3n) is 1.79. The molecule has 0 fully saturated rings. The quantitative estimate of drug-likeness (QED) is 0.787. The summed E-state index contributed by atoms with van der Waals surface area (Å²) < 4.78 is 0. The first-order valence-electron chi connectivity index (χ1n) is 4.54. The van der Waals surface area contributed by atoms with Crippen LogP contribution in [0.15, 0.2) is 52.5 Å². The van der Waals surface area contributed by atoms with E-state index in [0.29, 0.717) is 5.69 Å². The normalized spacial score (nSPS) is 13.5. The van der Waals surface area contributed by atoms with Gasteiger partial charge < -0.3 is 5.32 Å². The first kappa shape index (κ1) is 10.0. The van der Waals surface area contributed by atoms with Crippen molar-refractivity contribution in [3.05, 3.63) is 42.2 Å². The fourth-order valence-electron chi connectivity index (χ4n) is 1.14. The van der Waals surface area contributed by atoms with Crippen LogP contribution in [0.4, 0.5) is 10.5 Å². The highest BCUT2D eigenvalue weighted by molar-refractivity contribution is 5.94. The summed E-state index contributed by atoms with van der Waals surface area (Å²) in [5.41, 5.74) is 0.655. The van der Waals surface area contributed by atoms with Gasteiger partial charge in [-0.15, -0.1) is 10.2 Å². The van der Waals surface area contributed by atoms with Crippen molar-refractivity contribution in [1.82, 2.24) is 5.32 Å². The Labute approximate surface area is 91.1 Å². The lowest BCUT2D eigenvalue weighted by molar-refractivity contribution is -0.113. The van der Waals surface area contributed by atoms with Crippen LogP contribution in [0.3, 0.4) is 0 Å². The molecule has 6 heteroatoms. The monoisotopic (exact) mass is 216 g/mol. The molecule has 1 aliphatic heterocycles. The maximum absolute atomic E-state index is 11.4. The lowest BCUT2D eigenvalue weighted by atomic mass is 10.3. The third-order valence-corrected chi connectivity index (χ3v) is 1.79. The number of azo groups is 1. The molecule has 2 rings (SSSR count). The van der Waals surface area contributed by atoms with Crippen LogP contribution in [0.25, 0.3) is 0 Å². The van der Waals surface area contributed by atoms with Gasteiger partial charge in [0.1, 0.15) is 0 Å². The van der Waals surface area contributed by atoms with Crippen molar-refractivity contribution in [2.75, 3.05) is 5.32 Å². The van der Waals surface area contributed by atoms with Gasteiger partial charge in [0.2, 0.25) is 0 Å². The molecule has 0 aliphatic carbocycles. The minimum Gasteiger partial charge on any atom is -0.308 e. The Kier molecular flexibility index (Phi) is 2.73. The van der Waals surface area contributed by atoms with Crippen LogP contribution in [0.5, 0.6) is 0 Å². The molecule has 80 valence electrons. The van der Waals surface area contributed by atoms with Gasteiger partial charge in [-0.2, -0.15) is 0 Å². The standard InChI is InChI=1S/C10H8N4O2/c15-9-6-8(13-14-9)12-10(16)11-7-4-2-1-3-5-7/h1-6H,(H2,11,12,16). The molecule has 0 saturated heterocycles. The number of carbonyl (C=O) groups is 2. The van der Waals surface area contributed by atoms with E-state index in [1.807, 2.05) is 6.07 Å². The van der Waals surface area contributed by atoms with Crippen molar-refractivity contribution < 1.29 is 9.59 Å². The lowest BCUT2D eigenvalue weighted by Crippen LogP contribution is -2.27. The summed E-state index contributed by atoms with van der Waals surface area (Å²) >= 11 is 0. The number of rotatable bonds is 2. The van der Waals surface area contributed by atoms with E-state index in [2.05, 4.69) is 20.9 Å². The Hall–Kier alpha value is -2.50. The lowest BCUT2D eigenvalue weighted by Gasteiger charge is -2.04. The van der Waals surface area contributed by atoms with Crippen LogP contribution in [0.2, 0.25) is 0 Å². The molecule has 6 nitrogen and oxygen atoms in total. The molecular formula is C10H8N4O2. The van der Waals surface area contributed by atoms with Crippen molar-refractivity contribution in [1.29, 1.82) is 0 Å². The van der Waals surface area contributed by atoms with E-state index < -0.39 is 11.9 Å². The molecule has 16 heavy (non-hydrogen) atoms. The summed E-state index contributed by atoms with van der Waals surface area (Å²) in [6, 6.07) is 8.47. The van der Waals surface area contributed by atoms with Crippen molar-refractivity contribution >= 4 is 17.6 Å². The fourth-order valence-corrected chi connectivity index (χ4v) is 1.14. The zero-order valence-electron chi connectivity index (χ0n) is 8.18. The first-order chi connectivity index (χ1) is 7.74. The number of urea groups is 1. The van der Waals surface area contributed by atoms with E-state index in [0.717, 1.165) is 6.08 Å². The zero-order chi connectivity index (χ0) is 11.4. The van der Waals surface area contributed by atoms with Crippen LogP contribution >= 0.6 is 0 Å². The predicted octanol–water partition coefficient (Wildman–Crippen LogP) is 1.64. The van der Waals surface area contributed by atoms with Gasteiger partial charge in [0, 0.05) is 5.69 Å². The van der Waals surface area contributed by atoms with Crippen LogP contribution in [0.1, 0.15) is 0 Å². The van der Waals surface area contributed by atoms with Gasteiger partial charge in [0.05, 0.1) is 6.08 Å². The maximum Gasteiger partial charge on any atom is 0.324 e. The third kappa shape index (κ3) is 2.50. The fraction of sp³-hybridized carbons (Fsp3) is 0. The van der Waals surface area contributed by atoms with Crippen molar-refractivity contribution in [2.45, 2.75) is 0 Å². The number of hydrogen-bond acceptors (Lipinski definition) is 3. The Morgan fingerprint density at radius 2 is 1.81 bits per heavy atom. The minimum atomic E-state index is -0.477. The Morgan fingerprint density at radius 1 is 1.06 bits per heavy atom. The Balaban J connectivity index is 1.93. The second-order valence-corrected chi connectivity index (χ2v) is 3.01. The smallest absolute Gasteiger partial charge is 0.308 e. The molecule has 1 aromatic rings. The number of nitrogens with zero attached hydrogens (tertiary/aromatic N) is 2. The SMILES string of the molecule is O=C1C=C(NC(=O)Nc2ccccc2)N=N1. The van der Waals surface area contributed by atoms with Gasteiger partial charge in [-0.05, 0) is 12.1 Å². The van der Waals surface area contributed by atoms with E-state index >= 15 is 0 Å². The van der Waals surface area contributed by atoms with E-state index in [1.54, 1.807) is 24.3 Å². The molecule has 0 spiro atoms. The number of amides is 3. The Morgan fingerprint density at radius 3 is 2.44 bits per heavy atom. The van der Waals surface area contributed by atoms with Gasteiger partial charge in [-0.1, -0.05) is 18.2 Å². The second kappa shape index (κ2) is 4.35. The molecule has 0 unspecified atom stereocenters. The van der Waals surface area contributed by atoms with E-state index in [4.69, 9.17) is 0 Å². The van der Waals surface area contributed by atoms with Crippen molar-refractivity contribution in [3.8, 4) is 0 Å². The molecule has 0 radical (unpaired) electrons. The van der Waals surface area contributed by atoms with Crippen LogP contribution in [-0.4, -0.2) is 11.9 Å². The summed E-state index contributed by atoms with van der Waals surface area (Å²) in [4.78, 5) is 22.1. The summed E-state index contributed by atoms with van der Waals surface area (Å²) in [7, 11) is 0. The highest BCUT2D eigenvalue weighted by Gasteiger charge is 2.10. The van der Waals surface area contributed by atoms with Gasteiger partial charge in [-0.3, -0.25) is 10.1 Å². The molecule has 1 heterocycles. The van der Waals surface area contributed by atoms with Crippen LogP contribution < -0.4 is 10.6 Å². The zero-order valence-corrected chi connectivity index (χ0v) is 8.18. The molecule has 2 N–H and O–H groups in total. The predicted molar refractivity (Wildman–Crippen MR) is 56.5 cm³/mol. The minimum absolute atomic E-state index is 0.137. The molecule has 3 amide bonds. The van der Waals surface area contributed by atoms with Gasteiger partial charge in [0.15, 0.2) is 5.82 Å². The topological polar surface area (TPSA) is 82.9 Å². The summed E-state index contributed by atoms with van der Waals surface area (Å²) in [5.74, 6) is -0.339. The van der Waals surface area contributed by atoms with Crippen molar-refractivity contribution in [2.24, 2.45) is 10.2 Å². The number of para-hydroxylation sites is 1. The first-order valence-corrected chi connectivity index (χ1v) is 4.54. The Bertz CT molecular complexity index is 479. The summed E-state index contributed by atoms with van der Waals surface area (Å²) in [6.07, 6.45) is 1.14. The molecule has 0 saturated carbocycles. The van der Waals surface area contributed by atoms with E-state index in [-0.39, 0.29) is 5.82 Å². The van der Waals surface area contributed by atoms with Gasteiger partial charge in [0.25, 0.3) is 5.91 Å². The maximum atomic E-state index is 11.4. The van der Waals surface area contributed by atoms with Crippen molar-refractivity contribution in [3.63, 3.8) is 0 Å². The molecule has 0 bridgehead atoms. The van der Waals surface area contributed by atoms with E-state index in [9.17, 15) is 9.59 Å². The average Bonchev–Trinajstić information content (AvgIpc) is 2.65. The second-order valence-electron chi connectivity index (χ2n) is 3.01. The average molecular weight is 216 g/mol. The highest BCUT2D eigenvalue weighted by Crippen LogP contribution is 2.06. The molecular weight excluding hydrogens is 208 g/mol. The molecule has 0 atom stereocenters. The largest absolute Gasteiger partial charge is 0.324 e. The number of carbonyl (C=O) groups excluding carboxylic acids is 2. The molecule has 1 aromatic carbocycles. The van der Waals surface area contributed by atoms with E-state index in [1.165, 1.54) is 0 Å². The van der Waals surface area contributed by atoms with Crippen LogP contribution in [-0.2, 0) is 4.79 Å². The number of nitrogens with one attached hydrogen (secondary N) is 2. The molecule has 1 aliphatic rings. The number of anilines is 1. The summed E-state index contributed by atoms with van der Waals surface area (Å²) in [6.45, 7) is 0.